The molecule has 0 fully saturated rings. The Hall–Kier alpha value is -3.28. The van der Waals surface area contributed by atoms with Crippen molar-refractivity contribution in [2.75, 3.05) is 26.6 Å². The van der Waals surface area contributed by atoms with Gasteiger partial charge in [0.15, 0.2) is 0 Å². The molecule has 0 aliphatic rings. The Morgan fingerprint density at radius 2 is 1.54 bits per heavy atom. The Labute approximate surface area is 151 Å². The number of nitrogens with zero attached hydrogens (tertiary/aromatic N) is 1. The largest absolute Gasteiger partial charge is 0.497 e. The molecule has 6 heteroatoms. The van der Waals surface area contributed by atoms with Crippen LogP contribution in [0.3, 0.4) is 0 Å². The number of methoxy groups -OCH3 is 3. The predicted molar refractivity (Wildman–Crippen MR) is 101 cm³/mol. The maximum atomic E-state index is 12.7. The molecule has 3 rings (SSSR count). The zero-order chi connectivity index (χ0) is 18.7. The van der Waals surface area contributed by atoms with Gasteiger partial charge in [-0.05, 0) is 25.1 Å². The number of nitrogens with one attached hydrogen (secondary N) is 1. The summed E-state index contributed by atoms with van der Waals surface area (Å²) in [5.41, 5.74) is 2.50. The fourth-order valence-electron chi connectivity index (χ4n) is 2.68. The van der Waals surface area contributed by atoms with Crippen LogP contribution in [0.25, 0.3) is 10.9 Å². The Morgan fingerprint density at radius 3 is 2.15 bits per heavy atom. The molecule has 1 N–H and O–H groups in total. The van der Waals surface area contributed by atoms with Crippen LogP contribution in [0.4, 0.5) is 5.69 Å². The summed E-state index contributed by atoms with van der Waals surface area (Å²) in [4.78, 5) is 17.3. The van der Waals surface area contributed by atoms with Crippen molar-refractivity contribution in [3.63, 3.8) is 0 Å². The molecule has 26 heavy (non-hydrogen) atoms. The molecule has 6 nitrogen and oxygen atoms in total. The second-order valence-corrected chi connectivity index (χ2v) is 5.74. The monoisotopic (exact) mass is 352 g/mol. The number of fused-ring (bicyclic) bond motifs is 1. The van der Waals surface area contributed by atoms with Crippen LogP contribution in [-0.2, 0) is 0 Å². The summed E-state index contributed by atoms with van der Waals surface area (Å²) < 4.78 is 15.7. The van der Waals surface area contributed by atoms with E-state index in [9.17, 15) is 4.79 Å². The molecule has 1 aromatic heterocycles. The number of aryl methyl sites for hydroxylation is 1. The third-order valence-electron chi connectivity index (χ3n) is 4.07. The minimum Gasteiger partial charge on any atom is -0.497 e. The molecule has 1 amide bonds. The summed E-state index contributed by atoms with van der Waals surface area (Å²) in [5, 5.41) is 3.74. The van der Waals surface area contributed by atoms with Crippen LogP contribution in [-0.4, -0.2) is 32.2 Å². The van der Waals surface area contributed by atoms with E-state index < -0.39 is 0 Å². The van der Waals surface area contributed by atoms with Crippen molar-refractivity contribution >= 4 is 22.5 Å². The molecule has 0 aliphatic carbocycles. The third-order valence-corrected chi connectivity index (χ3v) is 4.07. The van der Waals surface area contributed by atoms with Crippen LogP contribution >= 0.6 is 0 Å². The van der Waals surface area contributed by atoms with Crippen LogP contribution in [0.2, 0.25) is 0 Å². The van der Waals surface area contributed by atoms with Crippen molar-refractivity contribution in [2.24, 2.45) is 0 Å². The van der Waals surface area contributed by atoms with Gasteiger partial charge in [-0.15, -0.1) is 0 Å². The van der Waals surface area contributed by atoms with Crippen LogP contribution in [0, 0.1) is 6.92 Å². The van der Waals surface area contributed by atoms with Gasteiger partial charge in [0.2, 0.25) is 0 Å². The fraction of sp³-hybridized carbons (Fsp3) is 0.200. The average Bonchev–Trinajstić information content (AvgIpc) is 2.66. The molecule has 1 heterocycles. The van der Waals surface area contributed by atoms with Gasteiger partial charge in [-0.1, -0.05) is 0 Å². The maximum Gasteiger partial charge on any atom is 0.257 e. The van der Waals surface area contributed by atoms with Gasteiger partial charge in [0, 0.05) is 35.3 Å². The van der Waals surface area contributed by atoms with E-state index in [1.165, 1.54) is 0 Å². The third kappa shape index (κ3) is 3.54. The Kier molecular flexibility index (Phi) is 4.93. The molecule has 0 bridgehead atoms. The quantitative estimate of drug-likeness (QED) is 0.756. The molecule has 0 saturated heterocycles. The highest BCUT2D eigenvalue weighted by Gasteiger charge is 2.13. The van der Waals surface area contributed by atoms with E-state index in [1.807, 2.05) is 24.3 Å². The van der Waals surface area contributed by atoms with Crippen LogP contribution < -0.4 is 19.5 Å². The summed E-state index contributed by atoms with van der Waals surface area (Å²) in [6.45, 7) is 1.81. The first kappa shape index (κ1) is 17.5. The lowest BCUT2D eigenvalue weighted by atomic mass is 10.1. The molecule has 0 radical (unpaired) electrons. The SMILES string of the molecule is COc1cc(NC(=O)c2cc3ccc(OC)cc3nc2C)cc(OC)c1. The summed E-state index contributed by atoms with van der Waals surface area (Å²) >= 11 is 0. The van der Waals surface area contributed by atoms with E-state index in [0.717, 1.165) is 16.7 Å². The Morgan fingerprint density at radius 1 is 0.885 bits per heavy atom. The Balaban J connectivity index is 1.93. The topological polar surface area (TPSA) is 69.7 Å². The number of aromatic nitrogens is 1. The molecule has 3 aromatic rings. The lowest BCUT2D eigenvalue weighted by Crippen LogP contribution is -2.14. The summed E-state index contributed by atoms with van der Waals surface area (Å²) in [5.74, 6) is 1.67. The van der Waals surface area contributed by atoms with Gasteiger partial charge < -0.3 is 19.5 Å². The molecular formula is C20H20N2O4. The highest BCUT2D eigenvalue weighted by Crippen LogP contribution is 2.27. The molecule has 0 saturated carbocycles. The van der Waals surface area contributed by atoms with Gasteiger partial charge in [-0.2, -0.15) is 0 Å². The van der Waals surface area contributed by atoms with E-state index in [0.29, 0.717) is 28.4 Å². The molecule has 0 aliphatic heterocycles. The van der Waals surface area contributed by atoms with Crippen LogP contribution in [0.5, 0.6) is 17.2 Å². The van der Waals surface area contributed by atoms with Crippen molar-refractivity contribution in [1.82, 2.24) is 4.98 Å². The zero-order valence-corrected chi connectivity index (χ0v) is 15.1. The first-order chi connectivity index (χ1) is 12.5. The number of amides is 1. The lowest BCUT2D eigenvalue weighted by Gasteiger charge is -2.12. The van der Waals surface area contributed by atoms with Crippen LogP contribution in [0.15, 0.2) is 42.5 Å². The Bertz CT molecular complexity index is 947. The number of carbonyl (C=O) groups is 1. The smallest absolute Gasteiger partial charge is 0.257 e. The number of ether oxygens (including phenoxy) is 3. The number of carbonyl (C=O) groups excluding carboxylic acids is 1. The highest BCUT2D eigenvalue weighted by molar-refractivity contribution is 6.07. The van der Waals surface area contributed by atoms with Crippen molar-refractivity contribution < 1.29 is 19.0 Å². The van der Waals surface area contributed by atoms with Crippen molar-refractivity contribution in [3.05, 3.63) is 53.7 Å². The van der Waals surface area contributed by atoms with E-state index >= 15 is 0 Å². The number of anilines is 1. The van der Waals surface area contributed by atoms with Crippen molar-refractivity contribution in [1.29, 1.82) is 0 Å². The predicted octanol–water partition coefficient (Wildman–Crippen LogP) is 3.82. The number of rotatable bonds is 5. The first-order valence-electron chi connectivity index (χ1n) is 8.04. The molecule has 0 spiro atoms. The number of benzene rings is 2. The minimum atomic E-state index is -0.247. The molecule has 2 aromatic carbocycles. The van der Waals surface area contributed by atoms with Gasteiger partial charge in [-0.25, -0.2) is 0 Å². The van der Waals surface area contributed by atoms with E-state index in [2.05, 4.69) is 10.3 Å². The summed E-state index contributed by atoms with van der Waals surface area (Å²) in [6.07, 6.45) is 0. The van der Waals surface area contributed by atoms with Gasteiger partial charge in [0.1, 0.15) is 17.2 Å². The molecule has 134 valence electrons. The maximum absolute atomic E-state index is 12.7. The number of hydrogen-bond acceptors (Lipinski definition) is 5. The summed E-state index contributed by atoms with van der Waals surface area (Å²) in [6, 6.07) is 12.6. The first-order valence-corrected chi connectivity index (χ1v) is 8.04. The van der Waals surface area contributed by atoms with E-state index in [1.54, 1.807) is 46.5 Å². The molecule has 0 unspecified atom stereocenters. The number of pyridine rings is 1. The molecular weight excluding hydrogens is 332 g/mol. The normalized spacial score (nSPS) is 10.5. The van der Waals surface area contributed by atoms with Crippen molar-refractivity contribution in [2.45, 2.75) is 6.92 Å². The standard InChI is InChI=1S/C20H20N2O4/c1-12-18(7-13-5-6-15(24-2)11-19(13)21-12)20(23)22-14-8-16(25-3)10-17(9-14)26-4/h5-11H,1-4H3,(H,22,23). The fourth-order valence-corrected chi connectivity index (χ4v) is 2.68. The van der Waals surface area contributed by atoms with Gasteiger partial charge in [-0.3, -0.25) is 9.78 Å². The van der Waals surface area contributed by atoms with E-state index in [4.69, 9.17) is 14.2 Å². The van der Waals surface area contributed by atoms with Crippen LogP contribution in [0.1, 0.15) is 16.1 Å². The number of hydrogen-bond donors (Lipinski definition) is 1. The van der Waals surface area contributed by atoms with Gasteiger partial charge in [0.05, 0.1) is 38.1 Å². The minimum absolute atomic E-state index is 0.247. The molecule has 0 atom stereocenters. The summed E-state index contributed by atoms with van der Waals surface area (Å²) in [7, 11) is 4.73. The van der Waals surface area contributed by atoms with E-state index in [-0.39, 0.29) is 5.91 Å². The van der Waals surface area contributed by atoms with Gasteiger partial charge in [0.25, 0.3) is 5.91 Å². The van der Waals surface area contributed by atoms with Gasteiger partial charge >= 0.3 is 0 Å². The van der Waals surface area contributed by atoms with Crippen molar-refractivity contribution in [3.8, 4) is 17.2 Å². The second kappa shape index (κ2) is 7.31. The lowest BCUT2D eigenvalue weighted by molar-refractivity contribution is 0.102. The zero-order valence-electron chi connectivity index (χ0n) is 15.1. The highest BCUT2D eigenvalue weighted by atomic mass is 16.5. The second-order valence-electron chi connectivity index (χ2n) is 5.74. The average molecular weight is 352 g/mol.